The second kappa shape index (κ2) is 8.16. The van der Waals surface area contributed by atoms with Gasteiger partial charge < -0.3 is 10.2 Å². The maximum Gasteiger partial charge on any atom is 0.393 e. The Kier molecular flexibility index (Phi) is 5.55. The van der Waals surface area contributed by atoms with Crippen LogP contribution in [0.15, 0.2) is 42.7 Å². The molecule has 166 valence electrons. The normalized spacial score (nSPS) is 17.1. The van der Waals surface area contributed by atoms with Crippen molar-refractivity contribution in [1.29, 1.82) is 0 Å². The van der Waals surface area contributed by atoms with Gasteiger partial charge in [0, 0.05) is 32.0 Å². The van der Waals surface area contributed by atoms with Gasteiger partial charge in [0.25, 0.3) is 0 Å². The summed E-state index contributed by atoms with van der Waals surface area (Å²) >= 11 is 0. The molecule has 0 amide bonds. The molecule has 3 aromatic rings. The van der Waals surface area contributed by atoms with E-state index < -0.39 is 23.7 Å². The highest BCUT2D eigenvalue weighted by molar-refractivity contribution is 5.64. The first-order chi connectivity index (χ1) is 14.7. The summed E-state index contributed by atoms with van der Waals surface area (Å²) in [7, 11) is 0. The molecule has 5 nitrogen and oxygen atoms in total. The Balaban J connectivity index is 0.00000289. The number of nitrogens with zero attached hydrogens (tertiary/aromatic N) is 4. The number of aromatic nitrogens is 3. The number of nitrogens with one attached hydrogen (secondary N) is 1. The lowest BCUT2D eigenvalue weighted by molar-refractivity contribution is -0.175. The monoisotopic (exact) mass is 439 g/mol. The molecule has 4 rings (SSSR count). The second-order valence-corrected chi connectivity index (χ2v) is 7.65. The molecule has 1 fully saturated rings. The molecule has 0 aliphatic carbocycles. The number of hydrogen-bond acceptors (Lipinski definition) is 4. The SMILES string of the molecule is Cc1cc(Nc2ncn(-c3cc(F)cc(F)c3)n2)cc(N2CCCC(C(F)(F)F)C2)c1.[HH]. The first kappa shape index (κ1) is 21.1. The van der Waals surface area contributed by atoms with Crippen LogP contribution in [0.1, 0.15) is 19.8 Å². The van der Waals surface area contributed by atoms with Crippen LogP contribution in [-0.4, -0.2) is 34.0 Å². The number of alkyl halides is 3. The molecule has 2 heterocycles. The molecule has 0 saturated carbocycles. The Bertz CT molecular complexity index is 1060. The number of aryl methyl sites for hydroxylation is 1. The largest absolute Gasteiger partial charge is 0.393 e. The molecule has 1 N–H and O–H groups in total. The first-order valence-corrected chi connectivity index (χ1v) is 9.76. The molecule has 2 aromatic carbocycles. The molecule has 1 aromatic heterocycles. The standard InChI is InChI=1S/C21H20F5N5.H2/c1-13-5-17(10-18(6-13)30-4-2-3-14(11-30)21(24,25)26)28-20-27-12-31(29-20)19-8-15(22)7-16(23)9-19;/h5-10,12,14H,2-4,11H2,1H3,(H,28,29);1H. The fraction of sp³-hybridized carbons (Fsp3) is 0.333. The molecular weight excluding hydrogens is 417 g/mol. The van der Waals surface area contributed by atoms with E-state index in [9.17, 15) is 22.0 Å². The minimum Gasteiger partial charge on any atom is -0.371 e. The Morgan fingerprint density at radius 3 is 2.48 bits per heavy atom. The summed E-state index contributed by atoms with van der Waals surface area (Å²) in [4.78, 5) is 5.83. The van der Waals surface area contributed by atoms with E-state index >= 15 is 0 Å². The Morgan fingerprint density at radius 1 is 1.03 bits per heavy atom. The van der Waals surface area contributed by atoms with Crippen molar-refractivity contribution in [3.8, 4) is 5.69 Å². The third-order valence-corrected chi connectivity index (χ3v) is 5.17. The van der Waals surface area contributed by atoms with E-state index in [4.69, 9.17) is 0 Å². The number of rotatable bonds is 4. The number of halogens is 5. The van der Waals surface area contributed by atoms with Gasteiger partial charge in [-0.25, -0.2) is 13.5 Å². The van der Waals surface area contributed by atoms with Crippen LogP contribution in [0, 0.1) is 24.5 Å². The van der Waals surface area contributed by atoms with Gasteiger partial charge in [0.05, 0.1) is 11.6 Å². The molecular formula is C21H22F5N5. The van der Waals surface area contributed by atoms with Gasteiger partial charge in [-0.1, -0.05) is 0 Å². The van der Waals surface area contributed by atoms with E-state index in [1.807, 2.05) is 19.1 Å². The van der Waals surface area contributed by atoms with Crippen molar-refractivity contribution in [3.63, 3.8) is 0 Å². The summed E-state index contributed by atoms with van der Waals surface area (Å²) < 4.78 is 67.6. The molecule has 1 unspecified atom stereocenters. The number of piperidine rings is 1. The zero-order valence-electron chi connectivity index (χ0n) is 16.6. The average Bonchev–Trinajstić information content (AvgIpc) is 3.15. The lowest BCUT2D eigenvalue weighted by atomic mass is 9.97. The highest BCUT2D eigenvalue weighted by Gasteiger charge is 2.41. The van der Waals surface area contributed by atoms with Crippen molar-refractivity contribution < 1.29 is 23.4 Å². The fourth-order valence-electron chi connectivity index (χ4n) is 3.74. The Labute approximate surface area is 177 Å². The smallest absolute Gasteiger partial charge is 0.371 e. The second-order valence-electron chi connectivity index (χ2n) is 7.65. The molecule has 1 saturated heterocycles. The third kappa shape index (κ3) is 4.95. The van der Waals surface area contributed by atoms with E-state index in [0.717, 1.165) is 23.8 Å². The van der Waals surface area contributed by atoms with Gasteiger partial charge >= 0.3 is 6.18 Å². The van der Waals surface area contributed by atoms with Crippen LogP contribution in [0.25, 0.3) is 5.69 Å². The van der Waals surface area contributed by atoms with Crippen molar-refractivity contribution in [2.24, 2.45) is 5.92 Å². The maximum atomic E-state index is 13.4. The Hall–Kier alpha value is -3.17. The molecule has 0 radical (unpaired) electrons. The van der Waals surface area contributed by atoms with E-state index in [2.05, 4.69) is 15.4 Å². The number of benzene rings is 2. The number of hydrogen-bond donors (Lipinski definition) is 1. The van der Waals surface area contributed by atoms with Crippen LogP contribution >= 0.6 is 0 Å². The van der Waals surface area contributed by atoms with E-state index in [1.165, 1.54) is 11.0 Å². The summed E-state index contributed by atoms with van der Waals surface area (Å²) in [6.45, 7) is 2.32. The molecule has 1 aliphatic rings. The predicted molar refractivity (Wildman–Crippen MR) is 109 cm³/mol. The third-order valence-electron chi connectivity index (χ3n) is 5.17. The predicted octanol–water partition coefficient (Wildman–Crippen LogP) is 5.62. The van der Waals surface area contributed by atoms with E-state index in [1.54, 1.807) is 11.0 Å². The molecule has 1 atom stereocenters. The van der Waals surface area contributed by atoms with Crippen LogP contribution in [-0.2, 0) is 0 Å². The highest BCUT2D eigenvalue weighted by Crippen LogP contribution is 2.35. The van der Waals surface area contributed by atoms with Gasteiger partial charge in [-0.05, 0) is 55.7 Å². The van der Waals surface area contributed by atoms with Crippen molar-refractivity contribution in [3.05, 3.63) is 59.9 Å². The lowest BCUT2D eigenvalue weighted by Crippen LogP contribution is -2.41. The minimum absolute atomic E-state index is 0. The van der Waals surface area contributed by atoms with Crippen LogP contribution in [0.3, 0.4) is 0 Å². The first-order valence-electron chi connectivity index (χ1n) is 9.76. The van der Waals surface area contributed by atoms with Crippen LogP contribution in [0.2, 0.25) is 0 Å². The van der Waals surface area contributed by atoms with Crippen molar-refractivity contribution in [2.45, 2.75) is 25.9 Å². The maximum absolute atomic E-state index is 13.4. The molecule has 1 aliphatic heterocycles. The van der Waals surface area contributed by atoms with E-state index in [-0.39, 0.29) is 26.0 Å². The molecule has 0 bridgehead atoms. The van der Waals surface area contributed by atoms with Gasteiger partial charge in [-0.2, -0.15) is 18.2 Å². The Morgan fingerprint density at radius 2 is 1.77 bits per heavy atom. The number of anilines is 3. The average molecular weight is 439 g/mol. The molecule has 10 heteroatoms. The zero-order chi connectivity index (χ0) is 22.2. The summed E-state index contributed by atoms with van der Waals surface area (Å²) in [5.41, 5.74) is 2.32. The lowest BCUT2D eigenvalue weighted by Gasteiger charge is -2.35. The quantitative estimate of drug-likeness (QED) is 0.536. The molecule has 31 heavy (non-hydrogen) atoms. The van der Waals surface area contributed by atoms with Crippen molar-refractivity contribution in [1.82, 2.24) is 14.8 Å². The molecule has 0 spiro atoms. The zero-order valence-corrected chi connectivity index (χ0v) is 16.6. The topological polar surface area (TPSA) is 46.0 Å². The summed E-state index contributed by atoms with van der Waals surface area (Å²) in [5.74, 6) is -2.63. The van der Waals surface area contributed by atoms with Crippen LogP contribution in [0.4, 0.5) is 39.3 Å². The van der Waals surface area contributed by atoms with Crippen molar-refractivity contribution >= 4 is 17.3 Å². The van der Waals surface area contributed by atoms with Gasteiger partial charge in [0.15, 0.2) is 0 Å². The fourth-order valence-corrected chi connectivity index (χ4v) is 3.74. The van der Waals surface area contributed by atoms with Gasteiger partial charge in [-0.15, -0.1) is 5.10 Å². The highest BCUT2D eigenvalue weighted by atomic mass is 19.4. The summed E-state index contributed by atoms with van der Waals surface area (Å²) in [5, 5.41) is 7.18. The van der Waals surface area contributed by atoms with Crippen LogP contribution < -0.4 is 10.2 Å². The summed E-state index contributed by atoms with van der Waals surface area (Å²) in [6.07, 6.45) is -2.29. The van der Waals surface area contributed by atoms with Gasteiger partial charge in [0.2, 0.25) is 5.95 Å². The van der Waals surface area contributed by atoms with Gasteiger partial charge in [0.1, 0.15) is 18.0 Å². The van der Waals surface area contributed by atoms with E-state index in [0.29, 0.717) is 24.3 Å². The van der Waals surface area contributed by atoms with Crippen LogP contribution in [0.5, 0.6) is 0 Å². The summed E-state index contributed by atoms with van der Waals surface area (Å²) in [6, 6.07) is 8.41. The van der Waals surface area contributed by atoms with Crippen molar-refractivity contribution in [2.75, 3.05) is 23.3 Å². The minimum atomic E-state index is -4.21. The van der Waals surface area contributed by atoms with Gasteiger partial charge in [-0.3, -0.25) is 0 Å².